The van der Waals surface area contributed by atoms with Crippen molar-refractivity contribution in [3.8, 4) is 0 Å². The van der Waals surface area contributed by atoms with Crippen LogP contribution in [0.1, 0.15) is 11.7 Å². The van der Waals surface area contributed by atoms with Crippen molar-refractivity contribution in [2.24, 2.45) is 0 Å². The molecule has 0 unspecified atom stereocenters. The number of nitrogens with zero attached hydrogens (tertiary/aromatic N) is 2. The van der Waals surface area contributed by atoms with Gasteiger partial charge in [-0.25, -0.2) is 0 Å². The number of hydrogen-bond donors (Lipinski definition) is 1. The first-order valence-electron chi connectivity index (χ1n) is 9.46. The van der Waals surface area contributed by atoms with E-state index in [0.717, 1.165) is 17.1 Å². The molecule has 4 aromatic rings. The van der Waals surface area contributed by atoms with E-state index < -0.39 is 0 Å². The smallest absolute Gasteiger partial charge is 0.137 e. The lowest BCUT2D eigenvalue weighted by molar-refractivity contribution is 0.746. The van der Waals surface area contributed by atoms with E-state index in [1.165, 1.54) is 16.9 Å². The summed E-state index contributed by atoms with van der Waals surface area (Å²) >= 11 is 0. The van der Waals surface area contributed by atoms with Crippen molar-refractivity contribution in [2.45, 2.75) is 6.17 Å². The van der Waals surface area contributed by atoms with E-state index in [0.29, 0.717) is 0 Å². The van der Waals surface area contributed by atoms with E-state index in [1.807, 2.05) is 12.1 Å². The van der Waals surface area contributed by atoms with Gasteiger partial charge in [0.15, 0.2) is 0 Å². The van der Waals surface area contributed by atoms with Gasteiger partial charge in [0.05, 0.1) is 11.4 Å². The zero-order chi connectivity index (χ0) is 18.9. The second kappa shape index (κ2) is 6.78. The summed E-state index contributed by atoms with van der Waals surface area (Å²) in [6, 6.07) is 37.9. The van der Waals surface area contributed by atoms with Crippen molar-refractivity contribution in [1.29, 1.82) is 0 Å². The van der Waals surface area contributed by atoms with Crippen LogP contribution in [-0.2, 0) is 0 Å². The molecular weight excluding hydrogens is 342 g/mol. The Labute approximate surface area is 165 Å². The molecule has 0 fully saturated rings. The first-order chi connectivity index (χ1) is 13.8. The Bertz CT molecular complexity index is 1010. The summed E-state index contributed by atoms with van der Waals surface area (Å²) in [4.78, 5) is 4.79. The molecule has 0 atom stereocenters. The third-order valence-electron chi connectivity index (χ3n) is 5.19. The van der Waals surface area contributed by atoms with Crippen molar-refractivity contribution in [3.63, 3.8) is 0 Å². The molecule has 0 saturated carbocycles. The van der Waals surface area contributed by atoms with Crippen LogP contribution in [-0.4, -0.2) is 0 Å². The highest BCUT2D eigenvalue weighted by molar-refractivity contribution is 5.88. The van der Waals surface area contributed by atoms with E-state index >= 15 is 0 Å². The van der Waals surface area contributed by atoms with Crippen LogP contribution in [0.15, 0.2) is 109 Å². The van der Waals surface area contributed by atoms with Gasteiger partial charge in [0.1, 0.15) is 6.17 Å². The Morgan fingerprint density at radius 1 is 0.500 bits per heavy atom. The Balaban J connectivity index is 1.76. The van der Waals surface area contributed by atoms with E-state index in [4.69, 9.17) is 5.73 Å². The largest absolute Gasteiger partial charge is 0.399 e. The van der Waals surface area contributed by atoms with Crippen molar-refractivity contribution >= 4 is 28.4 Å². The predicted octanol–water partition coefficient (Wildman–Crippen LogP) is 6.26. The molecule has 0 bridgehead atoms. The SMILES string of the molecule is Nc1ccc(C2N(c3ccccc3)c3ccccc3N2c2ccccc2)cc1. The summed E-state index contributed by atoms with van der Waals surface area (Å²) in [5, 5.41) is 0. The van der Waals surface area contributed by atoms with Gasteiger partial charge in [-0.1, -0.05) is 60.7 Å². The second-order valence-electron chi connectivity index (χ2n) is 6.94. The van der Waals surface area contributed by atoms with Crippen molar-refractivity contribution in [2.75, 3.05) is 15.5 Å². The standard InChI is InChI=1S/C25H21N3/c26-20-17-15-19(16-18-20)25-27(21-9-3-1-4-10-21)23-13-7-8-14-24(23)28(25)22-11-5-2-6-12-22/h1-18,25H,26H2. The van der Waals surface area contributed by atoms with Gasteiger partial charge in [0, 0.05) is 17.1 Å². The molecular formula is C25H21N3. The van der Waals surface area contributed by atoms with E-state index in [9.17, 15) is 0 Å². The van der Waals surface area contributed by atoms with Gasteiger partial charge in [-0.05, 0) is 54.1 Å². The fraction of sp³-hybridized carbons (Fsp3) is 0.0400. The molecule has 5 rings (SSSR count). The van der Waals surface area contributed by atoms with Gasteiger partial charge in [-0.2, -0.15) is 0 Å². The lowest BCUT2D eigenvalue weighted by Gasteiger charge is -2.33. The van der Waals surface area contributed by atoms with Gasteiger partial charge < -0.3 is 15.5 Å². The van der Waals surface area contributed by atoms with Gasteiger partial charge in [0.25, 0.3) is 0 Å². The lowest BCUT2D eigenvalue weighted by Crippen LogP contribution is -2.30. The quantitative estimate of drug-likeness (QED) is 0.436. The van der Waals surface area contributed by atoms with Crippen LogP contribution in [0.5, 0.6) is 0 Å². The molecule has 0 radical (unpaired) electrons. The summed E-state index contributed by atoms with van der Waals surface area (Å²) < 4.78 is 0. The number of rotatable bonds is 3. The molecule has 0 aliphatic carbocycles. The van der Waals surface area contributed by atoms with Crippen LogP contribution in [0.3, 0.4) is 0 Å². The van der Waals surface area contributed by atoms with Crippen LogP contribution in [0.2, 0.25) is 0 Å². The molecule has 1 aliphatic heterocycles. The van der Waals surface area contributed by atoms with Crippen LogP contribution >= 0.6 is 0 Å². The maximum absolute atomic E-state index is 5.97. The molecule has 0 amide bonds. The summed E-state index contributed by atoms with van der Waals surface area (Å²) in [6.07, 6.45) is 0.00259. The van der Waals surface area contributed by atoms with E-state index in [-0.39, 0.29) is 6.17 Å². The maximum atomic E-state index is 5.97. The summed E-state index contributed by atoms with van der Waals surface area (Å²) in [7, 11) is 0. The topological polar surface area (TPSA) is 32.5 Å². The van der Waals surface area contributed by atoms with Gasteiger partial charge in [-0.15, -0.1) is 0 Å². The molecule has 2 N–H and O–H groups in total. The molecule has 4 aromatic carbocycles. The van der Waals surface area contributed by atoms with Crippen molar-refractivity contribution in [1.82, 2.24) is 0 Å². The normalized spacial score (nSPS) is 13.6. The number of nitrogens with two attached hydrogens (primary N) is 1. The number of anilines is 5. The third-order valence-corrected chi connectivity index (χ3v) is 5.19. The molecule has 3 heteroatoms. The zero-order valence-electron chi connectivity index (χ0n) is 15.4. The molecule has 0 aromatic heterocycles. The first kappa shape index (κ1) is 16.5. The fourth-order valence-corrected chi connectivity index (χ4v) is 3.95. The summed E-state index contributed by atoms with van der Waals surface area (Å²) in [6.45, 7) is 0. The molecule has 1 aliphatic rings. The second-order valence-corrected chi connectivity index (χ2v) is 6.94. The van der Waals surface area contributed by atoms with Crippen molar-refractivity contribution in [3.05, 3.63) is 115 Å². The van der Waals surface area contributed by atoms with E-state index in [1.54, 1.807) is 0 Å². The number of nitrogen functional groups attached to an aromatic ring is 1. The molecule has 3 nitrogen and oxygen atoms in total. The van der Waals surface area contributed by atoms with E-state index in [2.05, 4.69) is 107 Å². The van der Waals surface area contributed by atoms with Gasteiger partial charge >= 0.3 is 0 Å². The molecule has 28 heavy (non-hydrogen) atoms. The zero-order valence-corrected chi connectivity index (χ0v) is 15.4. The number of para-hydroxylation sites is 4. The summed E-state index contributed by atoms with van der Waals surface area (Å²) in [5.41, 5.74) is 12.7. The average Bonchev–Trinajstić information content (AvgIpc) is 3.11. The highest BCUT2D eigenvalue weighted by atomic mass is 15.4. The Morgan fingerprint density at radius 3 is 1.39 bits per heavy atom. The van der Waals surface area contributed by atoms with Gasteiger partial charge in [0.2, 0.25) is 0 Å². The fourth-order valence-electron chi connectivity index (χ4n) is 3.95. The Hall–Kier alpha value is -3.72. The minimum absolute atomic E-state index is 0.00259. The van der Waals surface area contributed by atoms with Crippen LogP contribution < -0.4 is 15.5 Å². The minimum atomic E-state index is 0.00259. The number of benzene rings is 4. The third kappa shape index (κ3) is 2.69. The summed E-state index contributed by atoms with van der Waals surface area (Å²) in [5.74, 6) is 0. The monoisotopic (exact) mass is 363 g/mol. The molecule has 0 saturated heterocycles. The van der Waals surface area contributed by atoms with Gasteiger partial charge in [-0.3, -0.25) is 0 Å². The number of hydrogen-bond acceptors (Lipinski definition) is 3. The Morgan fingerprint density at radius 2 is 0.929 bits per heavy atom. The average molecular weight is 363 g/mol. The number of fused-ring (bicyclic) bond motifs is 1. The Kier molecular flexibility index (Phi) is 3.99. The first-order valence-corrected chi connectivity index (χ1v) is 9.46. The highest BCUT2D eigenvalue weighted by Gasteiger charge is 2.38. The van der Waals surface area contributed by atoms with Crippen molar-refractivity contribution < 1.29 is 0 Å². The van der Waals surface area contributed by atoms with Crippen LogP contribution in [0.4, 0.5) is 28.4 Å². The maximum Gasteiger partial charge on any atom is 0.137 e. The molecule has 136 valence electrons. The van der Waals surface area contributed by atoms with Crippen LogP contribution in [0, 0.1) is 0 Å². The molecule has 1 heterocycles. The molecule has 0 spiro atoms. The minimum Gasteiger partial charge on any atom is -0.399 e. The lowest BCUT2D eigenvalue weighted by atomic mass is 10.1. The predicted molar refractivity (Wildman–Crippen MR) is 117 cm³/mol. The van der Waals surface area contributed by atoms with Crippen LogP contribution in [0.25, 0.3) is 0 Å². The highest BCUT2D eigenvalue weighted by Crippen LogP contribution is 2.53.